The zero-order valence-electron chi connectivity index (χ0n) is 7.19. The van der Waals surface area contributed by atoms with Crippen LogP contribution in [-0.2, 0) is 9.59 Å². The number of hydrogen-bond donors (Lipinski definition) is 4. The van der Waals surface area contributed by atoms with E-state index in [9.17, 15) is 9.59 Å². The number of aliphatic hydroxyl groups excluding tert-OH is 1. The van der Waals surface area contributed by atoms with E-state index in [4.69, 9.17) is 15.9 Å². The number of aliphatic hydroxyl groups is 1. The van der Waals surface area contributed by atoms with Crippen molar-refractivity contribution in [2.24, 2.45) is 5.73 Å². The van der Waals surface area contributed by atoms with Gasteiger partial charge in [0.05, 0.1) is 0 Å². The summed E-state index contributed by atoms with van der Waals surface area (Å²) in [7, 11) is 0. The van der Waals surface area contributed by atoms with Crippen LogP contribution in [0.2, 0.25) is 0 Å². The van der Waals surface area contributed by atoms with Crippen molar-refractivity contribution in [1.29, 1.82) is 0 Å². The molecule has 1 amide bonds. The Hall–Kier alpha value is -1.14. The molecule has 0 fully saturated rings. The van der Waals surface area contributed by atoms with Gasteiger partial charge in [-0.05, 0) is 19.4 Å². The summed E-state index contributed by atoms with van der Waals surface area (Å²) in [6, 6.07) is -0.955. The van der Waals surface area contributed by atoms with Crippen LogP contribution in [-0.4, -0.2) is 41.3 Å². The third-order valence-electron chi connectivity index (χ3n) is 1.47. The lowest BCUT2D eigenvalue weighted by Crippen LogP contribution is -2.42. The average molecular weight is 190 g/mol. The second kappa shape index (κ2) is 6.38. The molecule has 76 valence electrons. The maximum Gasteiger partial charge on any atom is 0.326 e. The lowest BCUT2D eigenvalue weighted by atomic mass is 10.1. The fourth-order valence-corrected chi connectivity index (χ4v) is 0.819. The molecule has 0 aliphatic rings. The number of carbonyl (C=O) groups excluding carboxylic acids is 1. The first kappa shape index (κ1) is 11.9. The molecule has 0 heterocycles. The molecule has 6 nitrogen and oxygen atoms in total. The maximum absolute atomic E-state index is 10.6. The standard InChI is InChI=1S/C7H14N2O4/c8-3-1-2-5(7(12)13)9-6(11)4-10/h5,10H,1-4,8H2,(H,9,11)(H,12,13)/t5-/m1/s1. The van der Waals surface area contributed by atoms with Crippen LogP contribution in [0.15, 0.2) is 0 Å². The smallest absolute Gasteiger partial charge is 0.326 e. The van der Waals surface area contributed by atoms with Crippen LogP contribution in [0, 0.1) is 0 Å². The van der Waals surface area contributed by atoms with Gasteiger partial charge in [0.25, 0.3) is 0 Å². The summed E-state index contributed by atoms with van der Waals surface area (Å²) in [5, 5.41) is 19.1. The highest BCUT2D eigenvalue weighted by Gasteiger charge is 2.18. The number of carboxylic acids is 1. The summed E-state index contributed by atoms with van der Waals surface area (Å²) in [6.45, 7) is -0.328. The summed E-state index contributed by atoms with van der Waals surface area (Å²) >= 11 is 0. The second-order valence-corrected chi connectivity index (χ2v) is 2.55. The molecule has 0 saturated heterocycles. The first-order valence-electron chi connectivity index (χ1n) is 3.95. The summed E-state index contributed by atoms with van der Waals surface area (Å²) in [5.74, 6) is -1.81. The van der Waals surface area contributed by atoms with Crippen molar-refractivity contribution in [2.75, 3.05) is 13.2 Å². The molecule has 0 radical (unpaired) electrons. The zero-order valence-corrected chi connectivity index (χ0v) is 7.19. The van der Waals surface area contributed by atoms with E-state index in [0.29, 0.717) is 13.0 Å². The van der Waals surface area contributed by atoms with Gasteiger partial charge in [-0.25, -0.2) is 4.79 Å². The highest BCUT2D eigenvalue weighted by Crippen LogP contribution is 1.95. The summed E-state index contributed by atoms with van der Waals surface area (Å²) in [4.78, 5) is 21.2. The maximum atomic E-state index is 10.6. The van der Waals surface area contributed by atoms with Gasteiger partial charge in [-0.15, -0.1) is 0 Å². The predicted octanol–water partition coefficient (Wildman–Crippen LogP) is -1.71. The van der Waals surface area contributed by atoms with Gasteiger partial charge in [-0.2, -0.15) is 0 Å². The van der Waals surface area contributed by atoms with Gasteiger partial charge in [0.1, 0.15) is 12.6 Å². The van der Waals surface area contributed by atoms with Crippen LogP contribution in [0.3, 0.4) is 0 Å². The largest absolute Gasteiger partial charge is 0.480 e. The van der Waals surface area contributed by atoms with Crippen molar-refractivity contribution in [2.45, 2.75) is 18.9 Å². The van der Waals surface area contributed by atoms with Gasteiger partial charge in [0, 0.05) is 0 Å². The number of carboxylic acid groups (broad SMARTS) is 1. The van der Waals surface area contributed by atoms with E-state index in [0.717, 1.165) is 0 Å². The number of aliphatic carboxylic acids is 1. The molecule has 0 bridgehead atoms. The van der Waals surface area contributed by atoms with Crippen LogP contribution in [0.1, 0.15) is 12.8 Å². The first-order valence-corrected chi connectivity index (χ1v) is 3.95. The topological polar surface area (TPSA) is 113 Å². The van der Waals surface area contributed by atoms with E-state index >= 15 is 0 Å². The molecular weight excluding hydrogens is 176 g/mol. The highest BCUT2D eigenvalue weighted by atomic mass is 16.4. The normalized spacial score (nSPS) is 12.2. The van der Waals surface area contributed by atoms with Gasteiger partial charge < -0.3 is 21.3 Å². The number of amides is 1. The third kappa shape index (κ3) is 5.15. The van der Waals surface area contributed by atoms with Gasteiger partial charge in [-0.1, -0.05) is 0 Å². The third-order valence-corrected chi connectivity index (χ3v) is 1.47. The molecule has 0 saturated carbocycles. The van der Waals surface area contributed by atoms with E-state index in [1.54, 1.807) is 0 Å². The van der Waals surface area contributed by atoms with E-state index in [1.165, 1.54) is 0 Å². The van der Waals surface area contributed by atoms with E-state index in [2.05, 4.69) is 5.32 Å². The van der Waals surface area contributed by atoms with Crippen molar-refractivity contribution in [1.82, 2.24) is 5.32 Å². The van der Waals surface area contributed by atoms with Crippen molar-refractivity contribution >= 4 is 11.9 Å². The Labute approximate surface area is 75.7 Å². The number of carbonyl (C=O) groups is 2. The Morgan fingerprint density at radius 2 is 2.08 bits per heavy atom. The highest BCUT2D eigenvalue weighted by molar-refractivity contribution is 5.83. The number of rotatable bonds is 6. The molecule has 6 heteroatoms. The van der Waals surface area contributed by atoms with Crippen LogP contribution < -0.4 is 11.1 Å². The zero-order chi connectivity index (χ0) is 10.3. The molecule has 1 atom stereocenters. The summed E-state index contributed by atoms with van der Waals surface area (Å²) in [6.07, 6.45) is 0.792. The molecule has 0 unspecified atom stereocenters. The van der Waals surface area contributed by atoms with E-state index in [-0.39, 0.29) is 6.42 Å². The minimum absolute atomic E-state index is 0.275. The molecule has 0 aromatic carbocycles. The monoisotopic (exact) mass is 190 g/mol. The molecule has 13 heavy (non-hydrogen) atoms. The van der Waals surface area contributed by atoms with Crippen LogP contribution in [0.4, 0.5) is 0 Å². The van der Waals surface area contributed by atoms with Gasteiger partial charge in [0.15, 0.2) is 0 Å². The number of nitrogens with two attached hydrogens (primary N) is 1. The Morgan fingerprint density at radius 3 is 2.46 bits per heavy atom. The molecule has 0 spiro atoms. The molecule has 0 aliphatic heterocycles. The number of hydrogen-bond acceptors (Lipinski definition) is 4. The second-order valence-electron chi connectivity index (χ2n) is 2.55. The van der Waals surface area contributed by atoms with Crippen molar-refractivity contribution in [3.8, 4) is 0 Å². The Bertz CT molecular complexity index is 183. The molecule has 0 aromatic rings. The van der Waals surface area contributed by atoms with Gasteiger partial charge >= 0.3 is 5.97 Å². The average Bonchev–Trinajstić information content (AvgIpc) is 2.11. The fourth-order valence-electron chi connectivity index (χ4n) is 0.819. The fraction of sp³-hybridized carbons (Fsp3) is 0.714. The summed E-state index contributed by atoms with van der Waals surface area (Å²) < 4.78 is 0. The molecule has 0 aliphatic carbocycles. The Morgan fingerprint density at radius 1 is 1.46 bits per heavy atom. The Kier molecular flexibility index (Phi) is 5.82. The van der Waals surface area contributed by atoms with Gasteiger partial charge in [0.2, 0.25) is 5.91 Å². The van der Waals surface area contributed by atoms with Crippen LogP contribution in [0.5, 0.6) is 0 Å². The van der Waals surface area contributed by atoms with Crippen LogP contribution >= 0.6 is 0 Å². The first-order chi connectivity index (χ1) is 6.11. The quantitative estimate of drug-likeness (QED) is 0.398. The SMILES string of the molecule is NCCC[C@@H](NC(=O)CO)C(=O)O. The summed E-state index contributed by atoms with van der Waals surface area (Å²) in [5.41, 5.74) is 5.19. The minimum Gasteiger partial charge on any atom is -0.480 e. The van der Waals surface area contributed by atoms with Crippen molar-refractivity contribution < 1.29 is 19.8 Å². The molecule has 5 N–H and O–H groups in total. The lowest BCUT2D eigenvalue weighted by molar-refractivity contribution is -0.142. The van der Waals surface area contributed by atoms with Crippen LogP contribution in [0.25, 0.3) is 0 Å². The molecule has 0 aromatic heterocycles. The number of nitrogens with one attached hydrogen (secondary N) is 1. The van der Waals surface area contributed by atoms with Crippen molar-refractivity contribution in [3.63, 3.8) is 0 Å². The Balaban J connectivity index is 3.94. The minimum atomic E-state index is -1.12. The molecule has 0 rings (SSSR count). The predicted molar refractivity (Wildman–Crippen MR) is 44.9 cm³/mol. The molecular formula is C7H14N2O4. The lowest BCUT2D eigenvalue weighted by Gasteiger charge is -2.12. The van der Waals surface area contributed by atoms with Crippen molar-refractivity contribution in [3.05, 3.63) is 0 Å². The van der Waals surface area contributed by atoms with Gasteiger partial charge in [-0.3, -0.25) is 4.79 Å². The van der Waals surface area contributed by atoms with E-state index in [1.807, 2.05) is 0 Å². The van der Waals surface area contributed by atoms with E-state index < -0.39 is 24.5 Å².